The molecule has 2 aromatic heterocycles. The predicted octanol–water partition coefficient (Wildman–Crippen LogP) is 2.79. The van der Waals surface area contributed by atoms with Crippen molar-refractivity contribution in [2.75, 3.05) is 31.2 Å². The summed E-state index contributed by atoms with van der Waals surface area (Å²) in [6.07, 6.45) is -4.77. The van der Waals surface area contributed by atoms with Crippen molar-refractivity contribution in [3.8, 4) is 11.4 Å². The molecule has 4 aromatic rings. The molecule has 1 aliphatic rings. The van der Waals surface area contributed by atoms with Crippen LogP contribution >= 0.6 is 0 Å². The number of para-hydroxylation sites is 1. The Morgan fingerprint density at radius 3 is 2.42 bits per heavy atom. The first-order chi connectivity index (χ1) is 14.9. The number of morpholine rings is 1. The third-order valence-electron chi connectivity index (χ3n) is 5.24. The molecule has 0 radical (unpaired) electrons. The van der Waals surface area contributed by atoms with Gasteiger partial charge < -0.3 is 14.4 Å². The van der Waals surface area contributed by atoms with Gasteiger partial charge >= 0.3 is 11.9 Å². The number of aromatic amines is 1. The Morgan fingerprint density at radius 1 is 1.00 bits per heavy atom. The molecule has 0 aliphatic carbocycles. The van der Waals surface area contributed by atoms with Crippen LogP contribution in [0.5, 0.6) is 5.75 Å². The van der Waals surface area contributed by atoms with Crippen molar-refractivity contribution >= 4 is 22.1 Å². The van der Waals surface area contributed by atoms with Crippen LogP contribution in [0.15, 0.2) is 59.4 Å². The minimum absolute atomic E-state index is 0.315. The van der Waals surface area contributed by atoms with Gasteiger partial charge in [-0.15, -0.1) is 17.7 Å². The van der Waals surface area contributed by atoms with Crippen molar-refractivity contribution in [3.63, 3.8) is 0 Å². The minimum atomic E-state index is -4.77. The number of anilines is 1. The highest BCUT2D eigenvalue weighted by atomic mass is 19.4. The van der Waals surface area contributed by atoms with E-state index in [1.807, 2.05) is 30.3 Å². The zero-order valence-corrected chi connectivity index (χ0v) is 16.2. The molecule has 7 nitrogen and oxygen atoms in total. The number of hydrogen-bond acceptors (Lipinski definition) is 4. The fraction of sp³-hybridized carbons (Fsp3) is 0.238. The second kappa shape index (κ2) is 7.31. The Hall–Kier alpha value is -3.53. The van der Waals surface area contributed by atoms with Crippen LogP contribution in [0.2, 0.25) is 0 Å². The molecule has 160 valence electrons. The summed E-state index contributed by atoms with van der Waals surface area (Å²) in [6.45, 7) is 2.67. The lowest BCUT2D eigenvalue weighted by atomic mass is 10.1. The summed E-state index contributed by atoms with van der Waals surface area (Å²) in [5.41, 5.74) is 2.26. The molecule has 5 rings (SSSR count). The molecule has 1 fully saturated rings. The summed E-state index contributed by atoms with van der Waals surface area (Å²) >= 11 is 0. The summed E-state index contributed by atoms with van der Waals surface area (Å²) in [4.78, 5) is 15.4. The molecule has 0 bridgehead atoms. The molecule has 31 heavy (non-hydrogen) atoms. The van der Waals surface area contributed by atoms with Gasteiger partial charge in [-0.2, -0.15) is 0 Å². The number of benzene rings is 2. The number of halogens is 3. The van der Waals surface area contributed by atoms with Crippen LogP contribution in [-0.4, -0.2) is 42.6 Å². The van der Waals surface area contributed by atoms with E-state index >= 15 is 0 Å². The van der Waals surface area contributed by atoms with Gasteiger partial charge in [0.25, 0.3) is 0 Å². The number of alkyl halides is 3. The third-order valence-corrected chi connectivity index (χ3v) is 5.24. The van der Waals surface area contributed by atoms with Crippen molar-refractivity contribution in [3.05, 3.63) is 65.0 Å². The molecular weight excluding hydrogens is 413 g/mol. The number of hydrogen-bond donors (Lipinski definition) is 1. The summed E-state index contributed by atoms with van der Waals surface area (Å²) in [5, 5.41) is 4.01. The Morgan fingerprint density at radius 2 is 1.71 bits per heavy atom. The molecule has 0 atom stereocenters. The molecule has 2 aromatic carbocycles. The molecule has 0 amide bonds. The minimum Gasteiger partial charge on any atom is -0.406 e. The lowest BCUT2D eigenvalue weighted by Crippen LogP contribution is -2.37. The summed E-state index contributed by atoms with van der Waals surface area (Å²) in [5.74, 6) is -0.354. The van der Waals surface area contributed by atoms with Crippen LogP contribution in [0, 0.1) is 0 Å². The first-order valence-corrected chi connectivity index (χ1v) is 9.68. The monoisotopic (exact) mass is 431 g/mol. The molecule has 0 spiro atoms. The van der Waals surface area contributed by atoms with Crippen LogP contribution in [0.3, 0.4) is 0 Å². The number of nitrogens with one attached hydrogen (secondary N) is 1. The van der Waals surface area contributed by atoms with Gasteiger partial charge in [0.15, 0.2) is 11.2 Å². The van der Waals surface area contributed by atoms with E-state index in [4.69, 9.17) is 4.74 Å². The molecule has 10 heteroatoms. The average molecular weight is 431 g/mol. The summed E-state index contributed by atoms with van der Waals surface area (Å²) in [7, 11) is 0. The van der Waals surface area contributed by atoms with Crippen molar-refractivity contribution in [2.45, 2.75) is 6.36 Å². The Labute approximate surface area is 173 Å². The molecule has 0 unspecified atom stereocenters. The molecule has 3 heterocycles. The van der Waals surface area contributed by atoms with Gasteiger partial charge in [-0.25, -0.2) is 4.79 Å². The SMILES string of the molecule is O=c1c2cc(N3CCOCC3)c3ccccc3[n+]2[nH]n1-c1ccc(OC(F)(F)F)cc1. The maximum atomic E-state index is 13.2. The van der Waals surface area contributed by atoms with Crippen LogP contribution in [0.4, 0.5) is 18.9 Å². The van der Waals surface area contributed by atoms with Gasteiger partial charge in [0, 0.05) is 24.5 Å². The second-order valence-corrected chi connectivity index (χ2v) is 7.15. The fourth-order valence-corrected chi connectivity index (χ4v) is 3.85. The number of H-pyrrole nitrogens is 1. The van der Waals surface area contributed by atoms with E-state index in [1.165, 1.54) is 28.9 Å². The highest BCUT2D eigenvalue weighted by Gasteiger charge is 2.31. The number of rotatable bonds is 3. The average Bonchev–Trinajstić information content (AvgIpc) is 3.10. The number of pyridine rings is 1. The van der Waals surface area contributed by atoms with E-state index in [0.29, 0.717) is 24.4 Å². The molecule has 1 saturated heterocycles. The molecule has 0 saturated carbocycles. The normalized spacial score (nSPS) is 15.0. The van der Waals surface area contributed by atoms with E-state index in [2.05, 4.69) is 14.9 Å². The fourth-order valence-electron chi connectivity index (χ4n) is 3.85. The van der Waals surface area contributed by atoms with Crippen LogP contribution in [0.1, 0.15) is 0 Å². The second-order valence-electron chi connectivity index (χ2n) is 7.15. The highest BCUT2D eigenvalue weighted by Crippen LogP contribution is 2.27. The van der Waals surface area contributed by atoms with E-state index < -0.39 is 6.36 Å². The zero-order chi connectivity index (χ0) is 21.6. The van der Waals surface area contributed by atoms with E-state index in [-0.39, 0.29) is 11.3 Å². The maximum absolute atomic E-state index is 13.2. The topological polar surface area (TPSA) is 63.6 Å². The van der Waals surface area contributed by atoms with Crippen molar-refractivity contribution < 1.29 is 27.2 Å². The zero-order valence-electron chi connectivity index (χ0n) is 16.2. The summed E-state index contributed by atoms with van der Waals surface area (Å²) < 4.78 is 49.6. The molecular formula is C21H18F3N4O3+. The molecule has 1 aliphatic heterocycles. The number of fused-ring (bicyclic) bond motifs is 3. The van der Waals surface area contributed by atoms with Gasteiger partial charge in [0.1, 0.15) is 5.75 Å². The summed E-state index contributed by atoms with van der Waals surface area (Å²) in [6, 6.07) is 14.7. The lowest BCUT2D eigenvalue weighted by Gasteiger charge is -2.29. The van der Waals surface area contributed by atoms with Crippen LogP contribution < -0.4 is 19.7 Å². The number of nitrogens with zero attached hydrogens (tertiary/aromatic N) is 3. The van der Waals surface area contributed by atoms with Gasteiger partial charge in [-0.3, -0.25) is 0 Å². The standard InChI is InChI=1S/C21H17F3N4O3/c22-21(23,24)31-15-7-5-14(6-8-15)27-20(29)19-13-18(26-9-11-30-12-10-26)16-3-1-2-4-17(16)28(19)25-27/h1-8,13H,9-12H2/p+1. The van der Waals surface area contributed by atoms with Crippen molar-refractivity contribution in [2.24, 2.45) is 0 Å². The first kappa shape index (κ1) is 19.4. The lowest BCUT2D eigenvalue weighted by molar-refractivity contribution is -0.555. The number of ether oxygens (including phenoxy) is 2. The Bertz CT molecular complexity index is 1310. The van der Waals surface area contributed by atoms with Crippen molar-refractivity contribution in [1.29, 1.82) is 0 Å². The Balaban J connectivity index is 1.64. The predicted molar refractivity (Wildman–Crippen MR) is 107 cm³/mol. The van der Waals surface area contributed by atoms with E-state index in [9.17, 15) is 18.0 Å². The van der Waals surface area contributed by atoms with Gasteiger partial charge in [0.2, 0.25) is 5.52 Å². The first-order valence-electron chi connectivity index (χ1n) is 9.68. The molecule has 1 N–H and O–H groups in total. The highest BCUT2D eigenvalue weighted by molar-refractivity contribution is 5.91. The number of aromatic nitrogens is 3. The van der Waals surface area contributed by atoms with Crippen LogP contribution in [-0.2, 0) is 4.74 Å². The van der Waals surface area contributed by atoms with E-state index in [1.54, 1.807) is 4.52 Å². The van der Waals surface area contributed by atoms with Crippen molar-refractivity contribution in [1.82, 2.24) is 9.90 Å². The van der Waals surface area contributed by atoms with Gasteiger partial charge in [-0.1, -0.05) is 22.0 Å². The van der Waals surface area contributed by atoms with Gasteiger partial charge in [0.05, 0.1) is 18.9 Å². The smallest absolute Gasteiger partial charge is 0.406 e. The van der Waals surface area contributed by atoms with E-state index in [0.717, 1.165) is 29.7 Å². The Kier molecular flexibility index (Phi) is 4.58. The quantitative estimate of drug-likeness (QED) is 0.507. The maximum Gasteiger partial charge on any atom is 0.573 e. The van der Waals surface area contributed by atoms with Gasteiger partial charge in [-0.05, 0) is 36.4 Å². The van der Waals surface area contributed by atoms with Crippen LogP contribution in [0.25, 0.3) is 22.1 Å². The third kappa shape index (κ3) is 3.59. The largest absolute Gasteiger partial charge is 0.573 e.